The fourth-order valence-electron chi connectivity index (χ4n) is 2.91. The lowest BCUT2D eigenvalue weighted by molar-refractivity contribution is 0.480. The lowest BCUT2D eigenvalue weighted by atomic mass is 10.1. The Morgan fingerprint density at radius 3 is 2.85 bits per heavy atom. The van der Waals surface area contributed by atoms with Crippen LogP contribution in [-0.2, 0) is 0 Å². The number of aromatic nitrogens is 3. The fraction of sp³-hybridized carbons (Fsp3) is 0. The van der Waals surface area contributed by atoms with Crippen molar-refractivity contribution in [2.75, 3.05) is 5.32 Å². The van der Waals surface area contributed by atoms with Gasteiger partial charge < -0.3 is 10.1 Å². The van der Waals surface area contributed by atoms with E-state index >= 15 is 0 Å². The largest absolute Gasteiger partial charge is 0.451 e. The molecule has 5 nitrogen and oxygen atoms in total. The van der Waals surface area contributed by atoms with E-state index in [1.165, 1.54) is 12.3 Å². The van der Waals surface area contributed by atoms with Crippen LogP contribution in [-0.4, -0.2) is 15.0 Å². The molecule has 1 aliphatic rings. The average Bonchev–Trinajstić information content (AvgIpc) is 2.66. The molecule has 1 aliphatic heterocycles. The number of anilines is 2. The van der Waals surface area contributed by atoms with Gasteiger partial charge in [0.1, 0.15) is 5.69 Å². The predicted molar refractivity (Wildman–Crippen MR) is 97.5 cm³/mol. The lowest BCUT2D eigenvalue weighted by Crippen LogP contribution is -2.05. The summed E-state index contributed by atoms with van der Waals surface area (Å²) in [6.07, 6.45) is 3.11. The number of hydrogen-bond acceptors (Lipinski definition) is 5. The van der Waals surface area contributed by atoms with Crippen molar-refractivity contribution in [2.45, 2.75) is 0 Å². The van der Waals surface area contributed by atoms with Gasteiger partial charge in [-0.1, -0.05) is 11.6 Å². The van der Waals surface area contributed by atoms with Crippen molar-refractivity contribution in [3.05, 3.63) is 65.7 Å². The van der Waals surface area contributed by atoms with Gasteiger partial charge in [0, 0.05) is 22.7 Å². The Labute approximate surface area is 152 Å². The Balaban J connectivity index is 1.64. The van der Waals surface area contributed by atoms with Crippen molar-refractivity contribution in [3.63, 3.8) is 0 Å². The van der Waals surface area contributed by atoms with Gasteiger partial charge in [-0.2, -0.15) is 0 Å². The van der Waals surface area contributed by atoms with Crippen molar-refractivity contribution in [3.8, 4) is 22.9 Å². The molecular weight excluding hydrogens is 355 g/mol. The van der Waals surface area contributed by atoms with E-state index in [2.05, 4.69) is 20.3 Å². The van der Waals surface area contributed by atoms with E-state index in [-0.39, 0.29) is 5.69 Å². The number of fused-ring (bicyclic) bond motifs is 4. The molecule has 3 aromatic heterocycles. The van der Waals surface area contributed by atoms with Gasteiger partial charge in [0.15, 0.2) is 23.0 Å². The van der Waals surface area contributed by atoms with Gasteiger partial charge in [-0.05, 0) is 36.4 Å². The van der Waals surface area contributed by atoms with Crippen molar-refractivity contribution in [1.82, 2.24) is 15.0 Å². The number of rotatable bonds is 1. The molecule has 0 bridgehead atoms. The van der Waals surface area contributed by atoms with Crippen LogP contribution in [0.5, 0.6) is 11.5 Å². The third-order valence-corrected chi connectivity index (χ3v) is 4.35. The van der Waals surface area contributed by atoms with Crippen molar-refractivity contribution < 1.29 is 9.13 Å². The Kier molecular flexibility index (Phi) is 3.26. The maximum Gasteiger partial charge on any atom is 0.170 e. The number of nitrogens with one attached hydrogen (secondary N) is 1. The van der Waals surface area contributed by atoms with Crippen LogP contribution >= 0.6 is 11.6 Å². The van der Waals surface area contributed by atoms with E-state index < -0.39 is 5.82 Å². The molecule has 0 saturated heterocycles. The Morgan fingerprint density at radius 1 is 1.04 bits per heavy atom. The van der Waals surface area contributed by atoms with Gasteiger partial charge in [-0.3, -0.25) is 4.98 Å². The number of pyridine rings is 3. The normalized spacial score (nSPS) is 12.1. The lowest BCUT2D eigenvalue weighted by Gasteiger charge is -2.22. The standard InChI is InChI=1S/C19H10ClFN4O/c20-10-3-5-13-15(8-10)26-16-9-23-19-11(17(16)24-13)4-6-14(25-19)18-12(21)2-1-7-22-18/h1-9,24H. The molecule has 26 heavy (non-hydrogen) atoms. The highest BCUT2D eigenvalue weighted by molar-refractivity contribution is 6.30. The molecule has 1 aromatic carbocycles. The van der Waals surface area contributed by atoms with E-state index in [0.717, 1.165) is 16.8 Å². The molecule has 4 heterocycles. The van der Waals surface area contributed by atoms with Gasteiger partial charge in [0.05, 0.1) is 23.3 Å². The number of halogens is 2. The quantitative estimate of drug-likeness (QED) is 0.435. The number of benzene rings is 1. The van der Waals surface area contributed by atoms with Gasteiger partial charge in [0.25, 0.3) is 0 Å². The van der Waals surface area contributed by atoms with Gasteiger partial charge in [0.2, 0.25) is 0 Å². The predicted octanol–water partition coefficient (Wildman–Crippen LogP) is 5.33. The molecule has 1 N–H and O–H groups in total. The summed E-state index contributed by atoms with van der Waals surface area (Å²) in [5, 5.41) is 4.68. The zero-order chi connectivity index (χ0) is 17.7. The summed E-state index contributed by atoms with van der Waals surface area (Å²) in [4.78, 5) is 12.9. The van der Waals surface area contributed by atoms with Crippen LogP contribution < -0.4 is 10.1 Å². The number of hydrogen-bond donors (Lipinski definition) is 1. The third-order valence-electron chi connectivity index (χ3n) is 4.12. The summed E-state index contributed by atoms with van der Waals surface area (Å²) in [7, 11) is 0. The summed E-state index contributed by atoms with van der Waals surface area (Å²) < 4.78 is 19.9. The van der Waals surface area contributed by atoms with E-state index in [0.29, 0.717) is 27.9 Å². The minimum atomic E-state index is -0.426. The first-order valence-corrected chi connectivity index (χ1v) is 8.22. The van der Waals surface area contributed by atoms with Crippen molar-refractivity contribution in [2.24, 2.45) is 0 Å². The zero-order valence-corrected chi connectivity index (χ0v) is 14.0. The van der Waals surface area contributed by atoms with E-state index in [1.807, 2.05) is 12.1 Å². The SMILES string of the molecule is Fc1cccnc1-c1ccc2c3c(cnc2n1)Oc1cc(Cl)ccc1N3. The molecule has 7 heteroatoms. The molecule has 0 unspecified atom stereocenters. The average molecular weight is 365 g/mol. The molecule has 0 radical (unpaired) electrons. The van der Waals surface area contributed by atoms with E-state index in [1.54, 1.807) is 30.5 Å². The summed E-state index contributed by atoms with van der Waals surface area (Å²) >= 11 is 6.02. The maximum atomic E-state index is 14.0. The highest BCUT2D eigenvalue weighted by Gasteiger charge is 2.20. The Morgan fingerprint density at radius 2 is 1.96 bits per heavy atom. The second kappa shape index (κ2) is 5.64. The number of ether oxygens (including phenoxy) is 1. The van der Waals surface area contributed by atoms with Gasteiger partial charge in [-0.15, -0.1) is 0 Å². The molecule has 0 saturated carbocycles. The summed E-state index contributed by atoms with van der Waals surface area (Å²) in [6.45, 7) is 0. The first kappa shape index (κ1) is 15.0. The van der Waals surface area contributed by atoms with Gasteiger partial charge in [-0.25, -0.2) is 14.4 Å². The molecule has 0 aliphatic carbocycles. The van der Waals surface area contributed by atoms with Crippen LogP contribution in [0.15, 0.2) is 54.9 Å². The first-order chi connectivity index (χ1) is 12.7. The molecule has 0 fully saturated rings. The first-order valence-electron chi connectivity index (χ1n) is 7.84. The molecule has 0 spiro atoms. The third kappa shape index (κ3) is 2.34. The van der Waals surface area contributed by atoms with E-state index in [9.17, 15) is 4.39 Å². The zero-order valence-electron chi connectivity index (χ0n) is 13.2. The second-order valence-electron chi connectivity index (χ2n) is 5.77. The minimum Gasteiger partial charge on any atom is -0.451 e. The monoisotopic (exact) mass is 364 g/mol. The highest BCUT2D eigenvalue weighted by Crippen LogP contribution is 2.45. The minimum absolute atomic E-state index is 0.193. The van der Waals surface area contributed by atoms with Crippen LogP contribution in [0, 0.1) is 5.82 Å². The molecule has 0 amide bonds. The fourth-order valence-corrected chi connectivity index (χ4v) is 3.07. The Bertz CT molecular complexity index is 1180. The Hall–Kier alpha value is -3.25. The molecule has 4 aromatic rings. The summed E-state index contributed by atoms with van der Waals surface area (Å²) in [5.41, 5.74) is 2.64. The van der Waals surface area contributed by atoms with Crippen LogP contribution in [0.3, 0.4) is 0 Å². The van der Waals surface area contributed by atoms with Crippen molar-refractivity contribution >= 4 is 34.0 Å². The summed E-state index contributed by atoms with van der Waals surface area (Å²) in [6, 6.07) is 11.8. The van der Waals surface area contributed by atoms with Crippen LogP contribution in [0.2, 0.25) is 5.02 Å². The van der Waals surface area contributed by atoms with Gasteiger partial charge >= 0.3 is 0 Å². The van der Waals surface area contributed by atoms with Crippen LogP contribution in [0.25, 0.3) is 22.4 Å². The van der Waals surface area contributed by atoms with Crippen LogP contribution in [0.1, 0.15) is 0 Å². The summed E-state index contributed by atoms with van der Waals surface area (Å²) in [5.74, 6) is 0.779. The smallest absolute Gasteiger partial charge is 0.170 e. The molecule has 0 atom stereocenters. The second-order valence-corrected chi connectivity index (χ2v) is 6.20. The molecular formula is C19H10ClFN4O. The molecule has 126 valence electrons. The maximum absolute atomic E-state index is 14.0. The van der Waals surface area contributed by atoms with Crippen LogP contribution in [0.4, 0.5) is 15.8 Å². The van der Waals surface area contributed by atoms with Crippen molar-refractivity contribution in [1.29, 1.82) is 0 Å². The number of nitrogens with zero attached hydrogens (tertiary/aromatic N) is 3. The topological polar surface area (TPSA) is 59.9 Å². The highest BCUT2D eigenvalue weighted by atomic mass is 35.5. The van der Waals surface area contributed by atoms with E-state index in [4.69, 9.17) is 16.3 Å². The molecule has 5 rings (SSSR count).